The third-order valence-corrected chi connectivity index (χ3v) is 2.66. The third kappa shape index (κ3) is 3.99. The second-order valence-corrected chi connectivity index (χ2v) is 4.18. The van der Waals surface area contributed by atoms with Crippen molar-refractivity contribution >= 4 is 17.7 Å². The molecule has 0 aliphatic heterocycles. The molecule has 0 atom stereocenters. The van der Waals surface area contributed by atoms with E-state index in [1.165, 1.54) is 0 Å². The molecule has 2 aromatic rings. The average Bonchev–Trinajstić information content (AvgIpc) is 2.49. The maximum absolute atomic E-state index is 12.0. The van der Waals surface area contributed by atoms with Gasteiger partial charge in [0.1, 0.15) is 5.70 Å². The lowest BCUT2D eigenvalue weighted by Gasteiger charge is -2.10. The van der Waals surface area contributed by atoms with Gasteiger partial charge in [-0.15, -0.1) is 0 Å². The molecule has 0 heterocycles. The fraction of sp³-hybridized carbons (Fsp3) is 0.118. The Morgan fingerprint density at radius 1 is 1.05 bits per heavy atom. The second-order valence-electron chi connectivity index (χ2n) is 4.18. The van der Waals surface area contributed by atoms with Crippen LogP contribution in [0.15, 0.2) is 66.4 Å². The van der Waals surface area contributed by atoms with Crippen LogP contribution in [0.25, 0.3) is 6.08 Å². The highest BCUT2D eigenvalue weighted by atomic mass is 16.5. The number of nitrogens with one attached hydrogen (secondary N) is 1. The van der Waals surface area contributed by atoms with Crippen molar-refractivity contribution in [2.45, 2.75) is 6.92 Å². The summed E-state index contributed by atoms with van der Waals surface area (Å²) in [5, 5.41) is 3.10. The minimum Gasteiger partial charge on any atom is -0.461 e. The lowest BCUT2D eigenvalue weighted by Crippen LogP contribution is -2.14. The lowest BCUT2D eigenvalue weighted by molar-refractivity contribution is -0.138. The number of para-hydroxylation sites is 1. The number of hydrogen-bond donors (Lipinski definition) is 1. The van der Waals surface area contributed by atoms with Crippen LogP contribution in [0.5, 0.6) is 0 Å². The SMILES string of the molecule is CCOC(=O)C(=Cc1ccccc1)Nc1ccccc1. The van der Waals surface area contributed by atoms with Crippen LogP contribution < -0.4 is 5.32 Å². The molecular weight excluding hydrogens is 250 g/mol. The molecule has 2 aromatic carbocycles. The zero-order valence-corrected chi connectivity index (χ0v) is 11.4. The van der Waals surface area contributed by atoms with Gasteiger partial charge in [-0.25, -0.2) is 4.79 Å². The first kappa shape index (κ1) is 13.9. The van der Waals surface area contributed by atoms with Crippen molar-refractivity contribution in [1.29, 1.82) is 0 Å². The Hall–Kier alpha value is -2.55. The van der Waals surface area contributed by atoms with E-state index in [1.54, 1.807) is 13.0 Å². The molecule has 0 aliphatic carbocycles. The Balaban J connectivity index is 2.25. The first-order valence-electron chi connectivity index (χ1n) is 6.55. The molecule has 0 amide bonds. The highest BCUT2D eigenvalue weighted by Crippen LogP contribution is 2.13. The van der Waals surface area contributed by atoms with Gasteiger partial charge in [-0.3, -0.25) is 0 Å². The Morgan fingerprint density at radius 3 is 2.25 bits per heavy atom. The van der Waals surface area contributed by atoms with Crippen molar-refractivity contribution < 1.29 is 9.53 Å². The van der Waals surface area contributed by atoms with E-state index in [0.717, 1.165) is 11.3 Å². The van der Waals surface area contributed by atoms with Gasteiger partial charge in [0, 0.05) is 5.69 Å². The van der Waals surface area contributed by atoms with Crippen LogP contribution in [0, 0.1) is 0 Å². The Morgan fingerprint density at radius 2 is 1.65 bits per heavy atom. The van der Waals surface area contributed by atoms with Crippen LogP contribution in [-0.2, 0) is 9.53 Å². The topological polar surface area (TPSA) is 38.3 Å². The van der Waals surface area contributed by atoms with Crippen LogP contribution in [0.3, 0.4) is 0 Å². The summed E-state index contributed by atoms with van der Waals surface area (Å²) in [6, 6.07) is 19.2. The van der Waals surface area contributed by atoms with Gasteiger partial charge in [0.15, 0.2) is 0 Å². The van der Waals surface area contributed by atoms with Crippen molar-refractivity contribution in [2.75, 3.05) is 11.9 Å². The van der Waals surface area contributed by atoms with E-state index in [9.17, 15) is 4.79 Å². The number of ether oxygens (including phenoxy) is 1. The highest BCUT2D eigenvalue weighted by Gasteiger charge is 2.10. The van der Waals surface area contributed by atoms with E-state index < -0.39 is 0 Å². The maximum Gasteiger partial charge on any atom is 0.354 e. The fourth-order valence-electron chi connectivity index (χ4n) is 1.75. The maximum atomic E-state index is 12.0. The molecule has 0 radical (unpaired) electrons. The molecule has 0 fully saturated rings. The summed E-state index contributed by atoms with van der Waals surface area (Å²) in [7, 11) is 0. The number of carbonyl (C=O) groups excluding carboxylic acids is 1. The molecule has 0 aliphatic rings. The summed E-state index contributed by atoms with van der Waals surface area (Å²) < 4.78 is 5.08. The molecular formula is C17H17NO2. The summed E-state index contributed by atoms with van der Waals surface area (Å²) in [5.74, 6) is -0.361. The van der Waals surface area contributed by atoms with Crippen molar-refractivity contribution in [2.24, 2.45) is 0 Å². The van der Waals surface area contributed by atoms with Gasteiger partial charge in [-0.1, -0.05) is 48.5 Å². The van der Waals surface area contributed by atoms with Gasteiger partial charge in [-0.05, 0) is 30.7 Å². The summed E-state index contributed by atoms with van der Waals surface area (Å²) in [5.41, 5.74) is 2.21. The number of hydrogen-bond acceptors (Lipinski definition) is 3. The van der Waals surface area contributed by atoms with Crippen LogP contribution in [0.1, 0.15) is 12.5 Å². The second kappa shape index (κ2) is 7.14. The van der Waals surface area contributed by atoms with Crippen LogP contribution in [-0.4, -0.2) is 12.6 Å². The van der Waals surface area contributed by atoms with Crippen LogP contribution in [0.4, 0.5) is 5.69 Å². The van der Waals surface area contributed by atoms with Crippen molar-refractivity contribution in [3.63, 3.8) is 0 Å². The monoisotopic (exact) mass is 267 g/mol. The largest absolute Gasteiger partial charge is 0.461 e. The Kier molecular flexibility index (Phi) is 4.95. The summed E-state index contributed by atoms with van der Waals surface area (Å²) >= 11 is 0. The molecule has 0 spiro atoms. The summed E-state index contributed by atoms with van der Waals surface area (Å²) in [6.45, 7) is 2.14. The third-order valence-electron chi connectivity index (χ3n) is 2.66. The number of esters is 1. The summed E-state index contributed by atoms with van der Waals surface area (Å²) in [4.78, 5) is 12.0. The number of rotatable bonds is 5. The first-order valence-corrected chi connectivity index (χ1v) is 6.55. The first-order chi connectivity index (χ1) is 9.79. The van der Waals surface area contributed by atoms with Crippen molar-refractivity contribution in [3.05, 3.63) is 71.9 Å². The minimum atomic E-state index is -0.361. The molecule has 2 rings (SSSR count). The van der Waals surface area contributed by atoms with Gasteiger partial charge >= 0.3 is 5.97 Å². The molecule has 0 aromatic heterocycles. The molecule has 0 saturated heterocycles. The van der Waals surface area contributed by atoms with E-state index in [2.05, 4.69) is 5.32 Å². The molecule has 0 saturated carbocycles. The molecule has 3 nitrogen and oxygen atoms in total. The predicted octanol–water partition coefficient (Wildman–Crippen LogP) is 3.70. The Labute approximate surface area is 118 Å². The molecule has 20 heavy (non-hydrogen) atoms. The van der Waals surface area contributed by atoms with E-state index in [1.807, 2.05) is 60.7 Å². The average molecular weight is 267 g/mol. The minimum absolute atomic E-state index is 0.349. The van der Waals surface area contributed by atoms with Crippen molar-refractivity contribution in [3.8, 4) is 0 Å². The van der Waals surface area contributed by atoms with Crippen molar-refractivity contribution in [1.82, 2.24) is 0 Å². The number of benzene rings is 2. The number of anilines is 1. The molecule has 0 bridgehead atoms. The van der Waals surface area contributed by atoms with Gasteiger partial charge in [0.25, 0.3) is 0 Å². The quantitative estimate of drug-likeness (QED) is 0.663. The highest BCUT2D eigenvalue weighted by molar-refractivity contribution is 5.96. The van der Waals surface area contributed by atoms with Gasteiger partial charge in [0.2, 0.25) is 0 Å². The van der Waals surface area contributed by atoms with E-state index >= 15 is 0 Å². The predicted molar refractivity (Wildman–Crippen MR) is 81.1 cm³/mol. The van der Waals surface area contributed by atoms with E-state index in [-0.39, 0.29) is 5.97 Å². The summed E-state index contributed by atoms with van der Waals surface area (Å²) in [6.07, 6.45) is 1.78. The fourth-order valence-corrected chi connectivity index (χ4v) is 1.75. The number of carbonyl (C=O) groups is 1. The molecule has 1 N–H and O–H groups in total. The van der Waals surface area contributed by atoms with E-state index in [4.69, 9.17) is 4.74 Å². The van der Waals surface area contributed by atoms with Crippen LogP contribution >= 0.6 is 0 Å². The van der Waals surface area contributed by atoms with E-state index in [0.29, 0.717) is 12.3 Å². The molecule has 3 heteroatoms. The Bertz CT molecular complexity index is 576. The zero-order chi connectivity index (χ0) is 14.2. The van der Waals surface area contributed by atoms with Gasteiger partial charge in [0.05, 0.1) is 6.61 Å². The zero-order valence-electron chi connectivity index (χ0n) is 11.4. The molecule has 102 valence electrons. The van der Waals surface area contributed by atoms with Gasteiger partial charge in [-0.2, -0.15) is 0 Å². The van der Waals surface area contributed by atoms with Gasteiger partial charge < -0.3 is 10.1 Å². The molecule has 0 unspecified atom stereocenters. The lowest BCUT2D eigenvalue weighted by atomic mass is 10.2. The standard InChI is InChI=1S/C17H17NO2/c1-2-20-17(19)16(13-14-9-5-3-6-10-14)18-15-11-7-4-8-12-15/h3-13,18H,2H2,1H3. The van der Waals surface area contributed by atoms with Crippen LogP contribution in [0.2, 0.25) is 0 Å². The smallest absolute Gasteiger partial charge is 0.354 e. The normalized spacial score (nSPS) is 10.9.